The number of nitrogens with zero attached hydrogens (tertiary/aromatic N) is 4. The summed E-state index contributed by atoms with van der Waals surface area (Å²) >= 11 is 0. The molecule has 0 saturated carbocycles. The highest BCUT2D eigenvalue weighted by Gasteiger charge is 2.31. The average molecular weight is 366 g/mol. The summed E-state index contributed by atoms with van der Waals surface area (Å²) in [6.45, 7) is 2.02. The van der Waals surface area contributed by atoms with Crippen LogP contribution in [0.25, 0.3) is 0 Å². The van der Waals surface area contributed by atoms with Gasteiger partial charge in [0.1, 0.15) is 17.2 Å². The molecule has 0 amide bonds. The second-order valence-electron chi connectivity index (χ2n) is 6.28. The van der Waals surface area contributed by atoms with E-state index >= 15 is 0 Å². The van der Waals surface area contributed by atoms with Crippen LogP contribution in [0.5, 0.6) is 11.5 Å². The molecule has 0 N–H and O–H groups in total. The smallest absolute Gasteiger partial charge is 0.177 e. The van der Waals surface area contributed by atoms with Crippen molar-refractivity contribution in [1.82, 2.24) is 15.0 Å². The average Bonchev–Trinajstić information content (AvgIpc) is 3.37. The number of hydrogen-bond donors (Lipinski definition) is 0. The van der Waals surface area contributed by atoms with Gasteiger partial charge in [-0.05, 0) is 29.8 Å². The fraction of sp³-hybridized carbons (Fsp3) is 0.300. The monoisotopic (exact) mass is 366 g/mol. The van der Waals surface area contributed by atoms with Gasteiger partial charge >= 0.3 is 0 Å². The minimum absolute atomic E-state index is 0.277. The van der Waals surface area contributed by atoms with Gasteiger partial charge in [0.05, 0.1) is 39.3 Å². The molecule has 4 rings (SSSR count). The van der Waals surface area contributed by atoms with Gasteiger partial charge < -0.3 is 19.1 Å². The number of methoxy groups -OCH3 is 2. The van der Waals surface area contributed by atoms with E-state index in [2.05, 4.69) is 15.2 Å². The van der Waals surface area contributed by atoms with Crippen LogP contribution in [0.1, 0.15) is 17.5 Å². The summed E-state index contributed by atoms with van der Waals surface area (Å²) in [5, 5.41) is 8.61. The normalized spacial score (nSPS) is 16.5. The molecule has 0 spiro atoms. The maximum absolute atomic E-state index is 5.94. The van der Waals surface area contributed by atoms with Crippen LogP contribution >= 0.6 is 0 Å². The molecule has 7 heteroatoms. The summed E-state index contributed by atoms with van der Waals surface area (Å²) in [5.74, 6) is 1.64. The third kappa shape index (κ3) is 3.59. The van der Waals surface area contributed by atoms with Crippen LogP contribution in [0.2, 0.25) is 0 Å². The zero-order valence-corrected chi connectivity index (χ0v) is 15.4. The lowest BCUT2D eigenvalue weighted by molar-refractivity contribution is 0.110. The van der Waals surface area contributed by atoms with E-state index in [-0.39, 0.29) is 6.23 Å². The second kappa shape index (κ2) is 7.67. The molecular formula is C20H22N4O3. The van der Waals surface area contributed by atoms with Gasteiger partial charge in [0.2, 0.25) is 0 Å². The maximum Gasteiger partial charge on any atom is 0.177 e. The topological polar surface area (TPSA) is 61.6 Å². The minimum atomic E-state index is -0.277. The molecule has 1 saturated heterocycles. The first-order valence-electron chi connectivity index (χ1n) is 8.82. The van der Waals surface area contributed by atoms with Crippen molar-refractivity contribution < 1.29 is 14.2 Å². The molecule has 0 bridgehead atoms. The van der Waals surface area contributed by atoms with Crippen molar-refractivity contribution in [2.24, 2.45) is 0 Å². The molecule has 1 aliphatic rings. The van der Waals surface area contributed by atoms with Crippen LogP contribution in [0, 0.1) is 0 Å². The van der Waals surface area contributed by atoms with Gasteiger partial charge in [0, 0.05) is 6.54 Å². The molecule has 2 aromatic carbocycles. The molecule has 140 valence electrons. The summed E-state index contributed by atoms with van der Waals surface area (Å²) in [4.78, 5) is 2.15. The number of ether oxygens (including phenoxy) is 3. The largest absolute Gasteiger partial charge is 0.497 e. The molecule has 2 heterocycles. The van der Waals surface area contributed by atoms with Gasteiger partial charge in [-0.25, -0.2) is 4.68 Å². The Labute approximate surface area is 158 Å². The lowest BCUT2D eigenvalue weighted by atomic mass is 10.2. The third-order valence-corrected chi connectivity index (χ3v) is 4.57. The van der Waals surface area contributed by atoms with E-state index in [4.69, 9.17) is 14.2 Å². The first-order chi connectivity index (χ1) is 13.3. The van der Waals surface area contributed by atoms with Gasteiger partial charge in [-0.3, -0.25) is 0 Å². The Kier molecular flexibility index (Phi) is 4.93. The summed E-state index contributed by atoms with van der Waals surface area (Å²) in [5.41, 5.74) is 2.87. The number of aromatic nitrogens is 3. The van der Waals surface area contributed by atoms with Crippen LogP contribution in [0.3, 0.4) is 0 Å². The number of hydrogen-bond acceptors (Lipinski definition) is 6. The van der Waals surface area contributed by atoms with Gasteiger partial charge in [-0.2, -0.15) is 0 Å². The summed E-state index contributed by atoms with van der Waals surface area (Å²) in [6, 6.07) is 15.9. The molecule has 7 nitrogen and oxygen atoms in total. The number of rotatable bonds is 6. The number of benzene rings is 2. The Hall–Kier alpha value is -3.06. The highest BCUT2D eigenvalue weighted by molar-refractivity contribution is 5.59. The van der Waals surface area contributed by atoms with E-state index in [0.29, 0.717) is 13.2 Å². The molecule has 1 fully saturated rings. The predicted molar refractivity (Wildman–Crippen MR) is 101 cm³/mol. The Balaban J connectivity index is 1.55. The van der Waals surface area contributed by atoms with Crippen LogP contribution in [-0.2, 0) is 11.3 Å². The van der Waals surface area contributed by atoms with E-state index < -0.39 is 0 Å². The van der Waals surface area contributed by atoms with Crippen LogP contribution < -0.4 is 14.4 Å². The highest BCUT2D eigenvalue weighted by atomic mass is 16.5. The molecular weight excluding hydrogens is 344 g/mol. The Morgan fingerprint density at radius 2 is 2.00 bits per heavy atom. The van der Waals surface area contributed by atoms with Crippen LogP contribution in [0.15, 0.2) is 54.7 Å². The lowest BCUT2D eigenvalue weighted by Gasteiger charge is -2.25. The number of anilines is 1. The predicted octanol–water partition coefficient (Wildman–Crippen LogP) is 2.88. The fourth-order valence-electron chi connectivity index (χ4n) is 3.29. The molecule has 0 unspecified atom stereocenters. The minimum Gasteiger partial charge on any atom is -0.497 e. The Morgan fingerprint density at radius 3 is 2.85 bits per heavy atom. The Morgan fingerprint density at radius 1 is 1.11 bits per heavy atom. The van der Waals surface area contributed by atoms with Gasteiger partial charge in [0.25, 0.3) is 0 Å². The molecule has 0 aliphatic carbocycles. The standard InChI is InChI=1S/C20H22N4O3/c1-25-16-7-5-6-15(12-16)13-23-14-17(21-22-23)20-24(10-11-27-20)18-8-3-4-9-19(18)26-2/h3-9,12,14,20H,10-11,13H2,1-2H3/t20-/m1/s1. The van der Waals surface area contributed by atoms with Gasteiger partial charge in [0.15, 0.2) is 6.23 Å². The lowest BCUT2D eigenvalue weighted by Crippen LogP contribution is -2.24. The highest BCUT2D eigenvalue weighted by Crippen LogP contribution is 2.36. The molecule has 0 radical (unpaired) electrons. The SMILES string of the molecule is COc1cccc(Cn2cc([C@H]3OCCN3c3ccccc3OC)nn2)c1. The van der Waals surface area contributed by atoms with Crippen molar-refractivity contribution in [3.05, 3.63) is 66.0 Å². The zero-order chi connectivity index (χ0) is 18.6. The first kappa shape index (κ1) is 17.4. The van der Waals surface area contributed by atoms with E-state index in [0.717, 1.165) is 35.0 Å². The van der Waals surface area contributed by atoms with Crippen LogP contribution in [-0.4, -0.2) is 42.4 Å². The quantitative estimate of drug-likeness (QED) is 0.669. The first-order valence-corrected chi connectivity index (χ1v) is 8.82. The molecule has 1 aliphatic heterocycles. The zero-order valence-electron chi connectivity index (χ0n) is 15.4. The van der Waals surface area contributed by atoms with Gasteiger partial charge in [-0.15, -0.1) is 5.10 Å². The van der Waals surface area contributed by atoms with Gasteiger partial charge in [-0.1, -0.05) is 29.5 Å². The van der Waals surface area contributed by atoms with Crippen molar-refractivity contribution in [3.63, 3.8) is 0 Å². The van der Waals surface area contributed by atoms with E-state index in [1.54, 1.807) is 14.2 Å². The van der Waals surface area contributed by atoms with Crippen molar-refractivity contribution in [2.75, 3.05) is 32.3 Å². The van der Waals surface area contributed by atoms with Crippen molar-refractivity contribution in [3.8, 4) is 11.5 Å². The molecule has 1 atom stereocenters. The van der Waals surface area contributed by atoms with E-state index in [9.17, 15) is 0 Å². The molecule has 27 heavy (non-hydrogen) atoms. The molecule has 1 aromatic heterocycles. The summed E-state index contributed by atoms with van der Waals surface area (Å²) < 4.78 is 18.5. The Bertz CT molecular complexity index is 912. The van der Waals surface area contributed by atoms with E-state index in [1.165, 1.54) is 0 Å². The van der Waals surface area contributed by atoms with Crippen molar-refractivity contribution in [1.29, 1.82) is 0 Å². The van der Waals surface area contributed by atoms with E-state index in [1.807, 2.05) is 59.4 Å². The number of para-hydroxylation sites is 2. The van der Waals surface area contributed by atoms with Crippen molar-refractivity contribution >= 4 is 5.69 Å². The van der Waals surface area contributed by atoms with Crippen molar-refractivity contribution in [2.45, 2.75) is 12.8 Å². The summed E-state index contributed by atoms with van der Waals surface area (Å²) in [7, 11) is 3.34. The maximum atomic E-state index is 5.94. The third-order valence-electron chi connectivity index (χ3n) is 4.57. The summed E-state index contributed by atoms with van der Waals surface area (Å²) in [6.07, 6.45) is 1.65. The second-order valence-corrected chi connectivity index (χ2v) is 6.28. The van der Waals surface area contributed by atoms with Crippen LogP contribution in [0.4, 0.5) is 5.69 Å². The molecule has 3 aromatic rings. The fourth-order valence-corrected chi connectivity index (χ4v) is 3.29.